The molecule has 0 saturated heterocycles. The molecule has 0 atom stereocenters. The van der Waals surface area contributed by atoms with E-state index in [1.165, 1.54) is 13.0 Å². The van der Waals surface area contributed by atoms with E-state index in [1.54, 1.807) is 13.0 Å². The second kappa shape index (κ2) is 3.88. The van der Waals surface area contributed by atoms with E-state index in [9.17, 15) is 14.9 Å². The Morgan fingerprint density at radius 3 is 2.50 bits per heavy atom. The average molecular weight is 258 g/mol. The number of hydrogen-bond acceptors (Lipinski definition) is 3. The molecule has 0 unspecified atom stereocenters. The highest BCUT2D eigenvalue weighted by Crippen LogP contribution is 2.30. The second-order valence-electron chi connectivity index (χ2n) is 2.96. The molecule has 74 valence electrons. The van der Waals surface area contributed by atoms with E-state index in [2.05, 4.69) is 15.9 Å². The van der Waals surface area contributed by atoms with Gasteiger partial charge in [0.25, 0.3) is 5.69 Å². The van der Waals surface area contributed by atoms with Crippen LogP contribution >= 0.6 is 15.9 Å². The summed E-state index contributed by atoms with van der Waals surface area (Å²) in [7, 11) is 0. The number of carbonyl (C=O) groups excluding carboxylic acids is 1. The normalized spacial score (nSPS) is 9.93. The fraction of sp³-hybridized carbons (Fsp3) is 0.222. The summed E-state index contributed by atoms with van der Waals surface area (Å²) in [6, 6.07) is 3.05. The third kappa shape index (κ3) is 1.98. The number of rotatable bonds is 2. The molecule has 1 aromatic carbocycles. The molecule has 0 heterocycles. The third-order valence-electron chi connectivity index (χ3n) is 1.77. The van der Waals surface area contributed by atoms with Crippen LogP contribution in [-0.2, 0) is 0 Å². The topological polar surface area (TPSA) is 60.2 Å². The van der Waals surface area contributed by atoms with Crippen molar-refractivity contribution < 1.29 is 9.72 Å². The van der Waals surface area contributed by atoms with Crippen LogP contribution in [0.5, 0.6) is 0 Å². The van der Waals surface area contributed by atoms with Gasteiger partial charge in [-0.15, -0.1) is 0 Å². The maximum absolute atomic E-state index is 11.1. The molecule has 1 rings (SSSR count). The number of Topliss-reactive ketones (excluding diaryl/α,β-unsaturated/α-hetero) is 1. The van der Waals surface area contributed by atoms with Crippen LogP contribution in [0.1, 0.15) is 22.8 Å². The third-order valence-corrected chi connectivity index (χ3v) is 2.61. The summed E-state index contributed by atoms with van der Waals surface area (Å²) in [6.45, 7) is 3.09. The lowest BCUT2D eigenvalue weighted by Crippen LogP contribution is -1.99. The number of nitro groups is 1. The first kappa shape index (κ1) is 10.8. The van der Waals surface area contributed by atoms with Gasteiger partial charge in [-0.05, 0) is 41.4 Å². The number of hydrogen-bond donors (Lipinski definition) is 0. The zero-order valence-corrected chi connectivity index (χ0v) is 9.29. The first-order valence-corrected chi connectivity index (χ1v) is 4.68. The van der Waals surface area contributed by atoms with E-state index >= 15 is 0 Å². The lowest BCUT2D eigenvalue weighted by atomic mass is 10.1. The zero-order chi connectivity index (χ0) is 10.9. The Bertz CT molecular complexity index is 380. The predicted octanol–water partition coefficient (Wildman–Crippen LogP) is 2.87. The minimum Gasteiger partial charge on any atom is -0.294 e. The highest BCUT2D eigenvalue weighted by Gasteiger charge is 2.18. The first-order valence-electron chi connectivity index (χ1n) is 3.89. The molecule has 0 saturated carbocycles. The summed E-state index contributed by atoms with van der Waals surface area (Å²) in [5.41, 5.74) is 0.969. The lowest BCUT2D eigenvalue weighted by molar-refractivity contribution is -0.385. The smallest absolute Gasteiger partial charge is 0.284 e. The minimum absolute atomic E-state index is 0.0739. The quantitative estimate of drug-likeness (QED) is 0.465. The van der Waals surface area contributed by atoms with Gasteiger partial charge in [0.2, 0.25) is 0 Å². The van der Waals surface area contributed by atoms with Gasteiger partial charge in [0.15, 0.2) is 5.78 Å². The molecule has 14 heavy (non-hydrogen) atoms. The number of halogens is 1. The van der Waals surface area contributed by atoms with E-state index in [4.69, 9.17) is 0 Å². The molecule has 0 aliphatic rings. The van der Waals surface area contributed by atoms with Gasteiger partial charge < -0.3 is 0 Å². The van der Waals surface area contributed by atoms with Gasteiger partial charge in [-0.2, -0.15) is 0 Å². The molecular weight excluding hydrogens is 250 g/mol. The fourth-order valence-electron chi connectivity index (χ4n) is 1.14. The number of aryl methyl sites for hydroxylation is 1. The van der Waals surface area contributed by atoms with Crippen molar-refractivity contribution in [1.29, 1.82) is 0 Å². The Balaban J connectivity index is 3.47. The Morgan fingerprint density at radius 1 is 1.50 bits per heavy atom. The van der Waals surface area contributed by atoms with E-state index < -0.39 is 4.92 Å². The molecule has 0 radical (unpaired) electrons. The maximum Gasteiger partial charge on any atom is 0.284 e. The van der Waals surface area contributed by atoms with Gasteiger partial charge in [0.1, 0.15) is 4.47 Å². The molecule has 5 heteroatoms. The van der Waals surface area contributed by atoms with Crippen LogP contribution in [0.15, 0.2) is 16.6 Å². The number of carbonyl (C=O) groups is 1. The molecule has 1 aromatic rings. The molecule has 0 aliphatic carbocycles. The van der Waals surface area contributed by atoms with E-state index in [0.29, 0.717) is 11.1 Å². The molecule has 0 N–H and O–H groups in total. The summed E-state index contributed by atoms with van der Waals surface area (Å²) in [5.74, 6) is -0.191. The van der Waals surface area contributed by atoms with Crippen LogP contribution in [0.3, 0.4) is 0 Å². The summed E-state index contributed by atoms with van der Waals surface area (Å²) < 4.78 is 0.251. The molecule has 0 amide bonds. The summed E-state index contributed by atoms with van der Waals surface area (Å²) in [5, 5.41) is 10.6. The molecule has 0 fully saturated rings. The van der Waals surface area contributed by atoms with Crippen LogP contribution in [0.2, 0.25) is 0 Å². The molecule has 0 spiro atoms. The van der Waals surface area contributed by atoms with Crippen molar-refractivity contribution in [3.8, 4) is 0 Å². The van der Waals surface area contributed by atoms with Crippen LogP contribution in [0.25, 0.3) is 0 Å². The Labute approximate surface area is 89.2 Å². The monoisotopic (exact) mass is 257 g/mol. The first-order chi connectivity index (χ1) is 6.43. The van der Waals surface area contributed by atoms with Crippen LogP contribution < -0.4 is 0 Å². The lowest BCUT2D eigenvalue weighted by Gasteiger charge is -2.02. The standard InChI is InChI=1S/C9H8BrNO3/c1-5-3-7(6(2)12)9(10)8(4-5)11(13)14/h3-4H,1-2H3. The van der Waals surface area contributed by atoms with Gasteiger partial charge in [0.05, 0.1) is 4.92 Å². The van der Waals surface area contributed by atoms with Crippen molar-refractivity contribution >= 4 is 27.4 Å². The minimum atomic E-state index is -0.510. The Kier molecular flexibility index (Phi) is 3.00. The van der Waals surface area contributed by atoms with E-state index in [1.807, 2.05) is 0 Å². The molecule has 0 aromatic heterocycles. The van der Waals surface area contributed by atoms with Crippen molar-refractivity contribution in [3.05, 3.63) is 37.8 Å². The molecular formula is C9H8BrNO3. The number of nitro benzene ring substituents is 1. The van der Waals surface area contributed by atoms with Crippen LogP contribution in [-0.4, -0.2) is 10.7 Å². The number of benzene rings is 1. The summed E-state index contributed by atoms with van der Waals surface area (Å²) >= 11 is 3.05. The maximum atomic E-state index is 11.1. The highest BCUT2D eigenvalue weighted by molar-refractivity contribution is 9.10. The van der Waals surface area contributed by atoms with Crippen molar-refractivity contribution in [2.75, 3.05) is 0 Å². The van der Waals surface area contributed by atoms with Crippen molar-refractivity contribution in [2.24, 2.45) is 0 Å². The average Bonchev–Trinajstić information content (AvgIpc) is 2.07. The summed E-state index contributed by atoms with van der Waals surface area (Å²) in [6.07, 6.45) is 0. The van der Waals surface area contributed by atoms with Crippen molar-refractivity contribution in [3.63, 3.8) is 0 Å². The van der Waals surface area contributed by atoms with E-state index in [-0.39, 0.29) is 15.9 Å². The Hall–Kier alpha value is -1.23. The molecule has 0 aliphatic heterocycles. The van der Waals surface area contributed by atoms with Crippen LogP contribution in [0.4, 0.5) is 5.69 Å². The fourth-order valence-corrected chi connectivity index (χ4v) is 1.79. The SMILES string of the molecule is CC(=O)c1cc(C)cc([N+](=O)[O-])c1Br. The van der Waals surface area contributed by atoms with Gasteiger partial charge >= 0.3 is 0 Å². The van der Waals surface area contributed by atoms with E-state index in [0.717, 1.165) is 0 Å². The molecule has 4 nitrogen and oxygen atoms in total. The predicted molar refractivity (Wildman–Crippen MR) is 55.5 cm³/mol. The highest BCUT2D eigenvalue weighted by atomic mass is 79.9. The van der Waals surface area contributed by atoms with Gasteiger partial charge in [0, 0.05) is 11.6 Å². The van der Waals surface area contributed by atoms with Gasteiger partial charge in [-0.1, -0.05) is 0 Å². The second-order valence-corrected chi connectivity index (χ2v) is 3.75. The summed E-state index contributed by atoms with van der Waals surface area (Å²) in [4.78, 5) is 21.2. The van der Waals surface area contributed by atoms with Crippen molar-refractivity contribution in [2.45, 2.75) is 13.8 Å². The number of nitrogens with zero attached hydrogens (tertiary/aromatic N) is 1. The number of ketones is 1. The molecule has 0 bridgehead atoms. The zero-order valence-electron chi connectivity index (χ0n) is 7.70. The van der Waals surface area contributed by atoms with Gasteiger partial charge in [-0.25, -0.2) is 0 Å². The van der Waals surface area contributed by atoms with Gasteiger partial charge in [-0.3, -0.25) is 14.9 Å². The van der Waals surface area contributed by atoms with Crippen LogP contribution in [0, 0.1) is 17.0 Å². The van der Waals surface area contributed by atoms with Crippen molar-refractivity contribution in [1.82, 2.24) is 0 Å². The largest absolute Gasteiger partial charge is 0.294 e. The Morgan fingerprint density at radius 2 is 2.07 bits per heavy atom.